The molecule has 2 unspecified atom stereocenters. The van der Waals surface area contributed by atoms with Crippen molar-refractivity contribution in [3.05, 3.63) is 87.4 Å². The summed E-state index contributed by atoms with van der Waals surface area (Å²) < 4.78 is 16.3. The average Bonchev–Trinajstić information content (AvgIpc) is 3.40. The number of halogens is 2. The summed E-state index contributed by atoms with van der Waals surface area (Å²) in [6.07, 6.45) is 17.4. The zero-order valence-electron chi connectivity index (χ0n) is 27.4. The highest BCUT2D eigenvalue weighted by Crippen LogP contribution is 2.33. The summed E-state index contributed by atoms with van der Waals surface area (Å²) >= 11 is 12.8. The molecule has 3 rings (SSSR count). The van der Waals surface area contributed by atoms with Crippen LogP contribution in [0.2, 0.25) is 10.0 Å². The molecule has 1 aliphatic carbocycles. The van der Waals surface area contributed by atoms with Crippen LogP contribution in [0.15, 0.2) is 71.5 Å². The molecule has 8 nitrogen and oxygen atoms in total. The first-order valence-electron chi connectivity index (χ1n) is 16.0. The van der Waals surface area contributed by atoms with E-state index in [0.29, 0.717) is 72.9 Å². The van der Waals surface area contributed by atoms with Crippen LogP contribution in [0.1, 0.15) is 71.0 Å². The molecule has 1 aliphatic rings. The molecule has 0 saturated heterocycles. The van der Waals surface area contributed by atoms with Crippen LogP contribution in [0, 0.1) is 0 Å². The van der Waals surface area contributed by atoms with Gasteiger partial charge in [0, 0.05) is 32.1 Å². The first kappa shape index (κ1) is 37.3. The number of benzene rings is 1. The van der Waals surface area contributed by atoms with E-state index in [2.05, 4.69) is 34.4 Å². The van der Waals surface area contributed by atoms with Crippen LogP contribution in [0.3, 0.4) is 0 Å². The third-order valence-electron chi connectivity index (χ3n) is 7.88. The standard InChI is InChI=1S/C36H47Cl2N3O5/c1-5-7-23-46-32-20-17-26(16-18-27(32)36(43)45-4)30(41-34(42)15-8-11-25(6-2)12-10-22-44-3)19-21-33-39-24-31(40-33)35-28(37)13-9-14-29(35)38/h6,9-10,12-14,17-18,24,30,32H,5,7-8,11,15-16,19-23H2,1-4H3,(H,39,40)(H,41,42)/b12-10-,25-6-. The van der Waals surface area contributed by atoms with E-state index in [0.717, 1.165) is 41.9 Å². The van der Waals surface area contributed by atoms with E-state index in [4.69, 9.17) is 37.4 Å². The number of aromatic amines is 1. The van der Waals surface area contributed by atoms with Gasteiger partial charge in [-0.05, 0) is 63.2 Å². The molecule has 0 bridgehead atoms. The van der Waals surface area contributed by atoms with Crippen LogP contribution in [0.5, 0.6) is 0 Å². The second-order valence-corrected chi connectivity index (χ2v) is 12.0. The monoisotopic (exact) mass is 671 g/mol. The lowest BCUT2D eigenvalue weighted by Gasteiger charge is -2.21. The largest absolute Gasteiger partial charge is 0.466 e. The summed E-state index contributed by atoms with van der Waals surface area (Å²) in [5.74, 6) is 0.339. The van der Waals surface area contributed by atoms with Gasteiger partial charge >= 0.3 is 5.97 Å². The molecule has 2 N–H and O–H groups in total. The number of unbranched alkanes of at least 4 members (excludes halogenated alkanes) is 1. The van der Waals surface area contributed by atoms with Gasteiger partial charge in [0.2, 0.25) is 5.91 Å². The Kier molecular flexibility index (Phi) is 16.3. The predicted molar refractivity (Wildman–Crippen MR) is 185 cm³/mol. The van der Waals surface area contributed by atoms with Gasteiger partial charge in [-0.2, -0.15) is 0 Å². The quantitative estimate of drug-likeness (QED) is 0.0718. The van der Waals surface area contributed by atoms with Gasteiger partial charge in [0.15, 0.2) is 0 Å². The molecule has 10 heteroatoms. The zero-order valence-corrected chi connectivity index (χ0v) is 28.9. The molecule has 0 saturated carbocycles. The molecule has 1 heterocycles. The number of esters is 1. The van der Waals surface area contributed by atoms with Crippen molar-refractivity contribution < 1.29 is 23.8 Å². The number of hydrogen-bond acceptors (Lipinski definition) is 6. The Morgan fingerprint density at radius 1 is 1.15 bits per heavy atom. The van der Waals surface area contributed by atoms with E-state index in [1.165, 1.54) is 7.11 Å². The molecule has 46 heavy (non-hydrogen) atoms. The van der Waals surface area contributed by atoms with Crippen molar-refractivity contribution in [3.8, 4) is 11.3 Å². The molecular formula is C36H47Cl2N3O5. The molecule has 0 aliphatic heterocycles. The van der Waals surface area contributed by atoms with Gasteiger partial charge in [0.05, 0.1) is 53.4 Å². The van der Waals surface area contributed by atoms with Gasteiger partial charge in [-0.15, -0.1) is 0 Å². The van der Waals surface area contributed by atoms with E-state index in [-0.39, 0.29) is 11.9 Å². The number of H-pyrrole nitrogens is 1. The highest BCUT2D eigenvalue weighted by atomic mass is 35.5. The number of ether oxygens (including phenoxy) is 3. The predicted octanol–water partition coefficient (Wildman–Crippen LogP) is 8.13. The van der Waals surface area contributed by atoms with Gasteiger partial charge < -0.3 is 24.5 Å². The highest BCUT2D eigenvalue weighted by molar-refractivity contribution is 6.39. The first-order valence-corrected chi connectivity index (χ1v) is 16.7. The number of nitrogens with one attached hydrogen (secondary N) is 2. The Hall–Kier alpha value is -3.17. The van der Waals surface area contributed by atoms with Crippen molar-refractivity contribution in [1.29, 1.82) is 0 Å². The lowest BCUT2D eigenvalue weighted by Crippen LogP contribution is -2.36. The van der Waals surface area contributed by atoms with E-state index < -0.39 is 12.1 Å². The number of rotatable bonds is 18. The molecule has 2 aromatic rings. The van der Waals surface area contributed by atoms with Crippen molar-refractivity contribution in [2.75, 3.05) is 27.4 Å². The van der Waals surface area contributed by atoms with Crippen LogP contribution in [-0.4, -0.2) is 61.4 Å². The van der Waals surface area contributed by atoms with Crippen LogP contribution in [0.4, 0.5) is 0 Å². The highest BCUT2D eigenvalue weighted by Gasteiger charge is 2.26. The minimum Gasteiger partial charge on any atom is -0.466 e. The number of aromatic nitrogens is 2. The minimum atomic E-state index is -0.397. The van der Waals surface area contributed by atoms with Crippen LogP contribution < -0.4 is 5.32 Å². The van der Waals surface area contributed by atoms with Crippen molar-refractivity contribution in [3.63, 3.8) is 0 Å². The summed E-state index contributed by atoms with van der Waals surface area (Å²) in [6.45, 7) is 5.20. The first-order chi connectivity index (χ1) is 22.3. The molecular weight excluding hydrogens is 625 g/mol. The van der Waals surface area contributed by atoms with E-state index >= 15 is 0 Å². The number of amides is 1. The number of aryl methyl sites for hydroxylation is 1. The van der Waals surface area contributed by atoms with Crippen molar-refractivity contribution in [2.45, 2.75) is 83.8 Å². The number of imidazole rings is 1. The number of methoxy groups -OCH3 is 2. The molecule has 1 amide bonds. The number of nitrogens with zero attached hydrogens (tertiary/aromatic N) is 1. The molecule has 0 spiro atoms. The fourth-order valence-electron chi connectivity index (χ4n) is 5.32. The average molecular weight is 673 g/mol. The van der Waals surface area contributed by atoms with E-state index in [1.54, 1.807) is 31.5 Å². The summed E-state index contributed by atoms with van der Waals surface area (Å²) in [7, 11) is 3.05. The maximum atomic E-state index is 13.3. The Balaban J connectivity index is 1.77. The molecule has 2 atom stereocenters. The van der Waals surface area contributed by atoms with Gasteiger partial charge in [-0.1, -0.05) is 78.6 Å². The Morgan fingerprint density at radius 2 is 1.93 bits per heavy atom. The smallest absolute Gasteiger partial charge is 0.336 e. The third kappa shape index (κ3) is 11.6. The van der Waals surface area contributed by atoms with Crippen molar-refractivity contribution in [2.24, 2.45) is 0 Å². The Bertz CT molecular complexity index is 1390. The molecule has 1 aromatic carbocycles. The molecule has 250 valence electrons. The fourth-order valence-corrected chi connectivity index (χ4v) is 5.92. The molecule has 1 aromatic heterocycles. The number of carbonyl (C=O) groups is 2. The minimum absolute atomic E-state index is 0.0256. The molecule has 0 fully saturated rings. The normalized spacial score (nSPS) is 16.1. The number of hydrogen-bond donors (Lipinski definition) is 2. The Labute approximate surface area is 283 Å². The maximum Gasteiger partial charge on any atom is 0.336 e. The van der Waals surface area contributed by atoms with Gasteiger partial charge in [0.1, 0.15) is 5.82 Å². The third-order valence-corrected chi connectivity index (χ3v) is 8.51. The lowest BCUT2D eigenvalue weighted by molar-refractivity contribution is -0.137. The van der Waals surface area contributed by atoms with Crippen LogP contribution in [0.25, 0.3) is 11.3 Å². The van der Waals surface area contributed by atoms with Crippen molar-refractivity contribution >= 4 is 35.1 Å². The van der Waals surface area contributed by atoms with Gasteiger partial charge in [-0.3, -0.25) is 4.79 Å². The number of carbonyl (C=O) groups excluding carboxylic acids is 2. The van der Waals surface area contributed by atoms with Gasteiger partial charge in [0.25, 0.3) is 0 Å². The second-order valence-electron chi connectivity index (χ2n) is 11.2. The SMILES string of the molecule is C/C=C(\C=C/COC)CCCC(=O)NC(CCc1ncc(-c2c(Cl)cccc2Cl)[nH]1)C1=CCC(OCCCC)C(C(=O)OC)=CC1. The van der Waals surface area contributed by atoms with Crippen LogP contribution in [-0.2, 0) is 30.2 Å². The Morgan fingerprint density at radius 3 is 2.63 bits per heavy atom. The second kappa shape index (κ2) is 20.1. The summed E-state index contributed by atoms with van der Waals surface area (Å²) in [6, 6.07) is 5.11. The van der Waals surface area contributed by atoms with Crippen molar-refractivity contribution in [1.82, 2.24) is 15.3 Å². The fraction of sp³-hybridized carbons (Fsp3) is 0.472. The van der Waals surface area contributed by atoms with E-state index in [1.807, 2.05) is 25.2 Å². The molecule has 0 radical (unpaired) electrons. The topological polar surface area (TPSA) is 103 Å². The van der Waals surface area contributed by atoms with Gasteiger partial charge in [-0.25, -0.2) is 9.78 Å². The maximum absolute atomic E-state index is 13.3. The van der Waals surface area contributed by atoms with Crippen LogP contribution >= 0.6 is 23.2 Å². The van der Waals surface area contributed by atoms with E-state index in [9.17, 15) is 9.59 Å². The zero-order chi connectivity index (χ0) is 33.3. The summed E-state index contributed by atoms with van der Waals surface area (Å²) in [5, 5.41) is 4.35. The summed E-state index contributed by atoms with van der Waals surface area (Å²) in [5.41, 5.74) is 4.14. The summed E-state index contributed by atoms with van der Waals surface area (Å²) in [4.78, 5) is 33.9. The number of allylic oxidation sites excluding steroid dienone is 4. The lowest BCUT2D eigenvalue weighted by atomic mass is 9.97.